The van der Waals surface area contributed by atoms with Crippen LogP contribution in [0.1, 0.15) is 37.7 Å². The van der Waals surface area contributed by atoms with Gasteiger partial charge in [0, 0.05) is 11.8 Å². The van der Waals surface area contributed by atoms with E-state index in [4.69, 9.17) is 11.6 Å². The third-order valence-corrected chi connectivity index (χ3v) is 3.88. The van der Waals surface area contributed by atoms with Crippen LogP contribution in [0.4, 0.5) is 0 Å². The number of hydrogen-bond acceptors (Lipinski definition) is 1. The van der Waals surface area contributed by atoms with Crippen molar-refractivity contribution in [2.24, 2.45) is 0 Å². The van der Waals surface area contributed by atoms with E-state index in [2.05, 4.69) is 18.2 Å². The lowest BCUT2D eigenvalue weighted by Gasteiger charge is -2.06. The van der Waals surface area contributed by atoms with E-state index in [1.54, 1.807) is 0 Å². The predicted octanol–water partition coefficient (Wildman–Crippen LogP) is 4.30. The lowest BCUT2D eigenvalue weighted by molar-refractivity contribution is -0.115. The van der Waals surface area contributed by atoms with Gasteiger partial charge in [0.15, 0.2) is 5.78 Å². The molecule has 1 aliphatic rings. The van der Waals surface area contributed by atoms with Crippen molar-refractivity contribution in [3.05, 3.63) is 47.5 Å². The number of halogens is 1. The quantitative estimate of drug-likeness (QED) is 0.740. The summed E-state index contributed by atoms with van der Waals surface area (Å²) in [7, 11) is 0. The summed E-state index contributed by atoms with van der Waals surface area (Å²) in [6.07, 6.45) is 7.27. The highest BCUT2D eigenvalue weighted by atomic mass is 35.5. The molecule has 0 aliphatic heterocycles. The van der Waals surface area contributed by atoms with E-state index >= 15 is 0 Å². The molecule has 18 heavy (non-hydrogen) atoms. The molecule has 0 saturated carbocycles. The van der Waals surface area contributed by atoms with Gasteiger partial charge in [0.1, 0.15) is 0 Å². The van der Waals surface area contributed by atoms with Crippen molar-refractivity contribution < 1.29 is 4.79 Å². The Morgan fingerprint density at radius 3 is 2.78 bits per heavy atom. The second kappa shape index (κ2) is 6.75. The molecule has 0 bridgehead atoms. The van der Waals surface area contributed by atoms with Crippen LogP contribution in [0.15, 0.2) is 42.0 Å². The Morgan fingerprint density at radius 1 is 1.22 bits per heavy atom. The van der Waals surface area contributed by atoms with E-state index < -0.39 is 0 Å². The number of allylic oxidation sites excluding steroid dienone is 2. The molecule has 0 amide bonds. The topological polar surface area (TPSA) is 17.1 Å². The minimum atomic E-state index is 0.237. The number of aryl methyl sites for hydroxylation is 1. The molecule has 2 rings (SSSR count). The van der Waals surface area contributed by atoms with Crippen molar-refractivity contribution in [1.82, 2.24) is 0 Å². The second-order valence-electron chi connectivity index (χ2n) is 4.85. The van der Waals surface area contributed by atoms with E-state index in [1.807, 2.05) is 18.2 Å². The van der Waals surface area contributed by atoms with Gasteiger partial charge in [-0.3, -0.25) is 4.79 Å². The Balaban J connectivity index is 1.86. The first-order chi connectivity index (χ1) is 8.75. The van der Waals surface area contributed by atoms with Crippen molar-refractivity contribution in [3.8, 4) is 0 Å². The van der Waals surface area contributed by atoms with Gasteiger partial charge in [0.2, 0.25) is 0 Å². The zero-order valence-corrected chi connectivity index (χ0v) is 11.3. The molecule has 0 fully saturated rings. The van der Waals surface area contributed by atoms with E-state index in [1.165, 1.54) is 5.56 Å². The summed E-state index contributed by atoms with van der Waals surface area (Å²) in [5.41, 5.74) is 2.23. The second-order valence-corrected chi connectivity index (χ2v) is 5.47. The molecule has 0 radical (unpaired) electrons. The smallest absolute Gasteiger partial charge is 0.158 e. The number of Topliss-reactive ketones (excluding diaryl/α,β-unsaturated/α-hetero) is 1. The summed E-state index contributed by atoms with van der Waals surface area (Å²) in [6.45, 7) is 0. The number of rotatable bonds is 4. The maximum absolute atomic E-state index is 12.1. The molecule has 2 heteroatoms. The van der Waals surface area contributed by atoms with Gasteiger partial charge in [0.25, 0.3) is 0 Å². The monoisotopic (exact) mass is 262 g/mol. The molecule has 0 saturated heterocycles. The first-order valence-electron chi connectivity index (χ1n) is 6.66. The van der Waals surface area contributed by atoms with Gasteiger partial charge < -0.3 is 0 Å². The molecule has 1 aromatic rings. The molecule has 0 heterocycles. The van der Waals surface area contributed by atoms with Crippen LogP contribution in [0.25, 0.3) is 0 Å². The fourth-order valence-corrected chi connectivity index (χ4v) is 2.55. The largest absolute Gasteiger partial charge is 0.295 e. The lowest BCUT2D eigenvalue weighted by atomic mass is 10.00. The van der Waals surface area contributed by atoms with Crippen LogP contribution >= 0.6 is 11.6 Å². The van der Waals surface area contributed by atoms with E-state index in [-0.39, 0.29) is 5.38 Å². The molecular weight excluding hydrogens is 244 g/mol. The molecular formula is C16H19ClO. The minimum absolute atomic E-state index is 0.237. The zero-order valence-electron chi connectivity index (χ0n) is 10.6. The van der Waals surface area contributed by atoms with Crippen LogP contribution in [0, 0.1) is 0 Å². The van der Waals surface area contributed by atoms with Gasteiger partial charge in [-0.1, -0.05) is 36.4 Å². The third-order valence-electron chi connectivity index (χ3n) is 3.44. The van der Waals surface area contributed by atoms with Crippen LogP contribution in [-0.2, 0) is 11.2 Å². The Hall–Kier alpha value is -1.08. The van der Waals surface area contributed by atoms with Crippen LogP contribution in [0.3, 0.4) is 0 Å². The van der Waals surface area contributed by atoms with Crippen molar-refractivity contribution in [3.63, 3.8) is 0 Å². The van der Waals surface area contributed by atoms with Gasteiger partial charge in [-0.2, -0.15) is 0 Å². The van der Waals surface area contributed by atoms with Gasteiger partial charge >= 0.3 is 0 Å². The SMILES string of the molecule is O=C(CCc1ccccc1)C1=CCCC(Cl)CC1. The maximum atomic E-state index is 12.1. The number of benzene rings is 1. The molecule has 0 aromatic heterocycles. The lowest BCUT2D eigenvalue weighted by Crippen LogP contribution is -2.05. The van der Waals surface area contributed by atoms with E-state index in [0.29, 0.717) is 12.2 Å². The van der Waals surface area contributed by atoms with Crippen LogP contribution in [0.5, 0.6) is 0 Å². The highest BCUT2D eigenvalue weighted by Crippen LogP contribution is 2.23. The van der Waals surface area contributed by atoms with Gasteiger partial charge in [-0.05, 0) is 43.2 Å². The first kappa shape index (κ1) is 13.4. The average Bonchev–Trinajstić information content (AvgIpc) is 2.62. The Morgan fingerprint density at radius 2 is 2.00 bits per heavy atom. The summed E-state index contributed by atoms with van der Waals surface area (Å²) in [5, 5.41) is 0.237. The standard InChI is InChI=1S/C16H19ClO/c17-15-8-4-7-14(10-11-15)16(18)12-9-13-5-2-1-3-6-13/h1-3,5-7,15H,4,8-12H2. The molecule has 1 aromatic carbocycles. The molecule has 1 atom stereocenters. The van der Waals surface area contributed by atoms with Crippen molar-refractivity contribution in [2.75, 3.05) is 0 Å². The number of carbonyl (C=O) groups excluding carboxylic acids is 1. The van der Waals surface area contributed by atoms with E-state index in [9.17, 15) is 4.79 Å². The molecule has 1 unspecified atom stereocenters. The summed E-state index contributed by atoms with van der Waals surface area (Å²) in [4.78, 5) is 12.1. The summed E-state index contributed by atoms with van der Waals surface area (Å²) in [6, 6.07) is 10.2. The normalized spacial score (nSPS) is 20.1. The van der Waals surface area contributed by atoms with Crippen LogP contribution < -0.4 is 0 Å². The summed E-state index contributed by atoms with van der Waals surface area (Å²) < 4.78 is 0. The molecule has 0 N–H and O–H groups in total. The number of alkyl halides is 1. The highest BCUT2D eigenvalue weighted by molar-refractivity contribution is 6.20. The van der Waals surface area contributed by atoms with Crippen LogP contribution in [0.2, 0.25) is 0 Å². The number of carbonyl (C=O) groups is 1. The maximum Gasteiger partial charge on any atom is 0.158 e. The van der Waals surface area contributed by atoms with Gasteiger partial charge in [-0.15, -0.1) is 11.6 Å². The van der Waals surface area contributed by atoms with Crippen LogP contribution in [-0.4, -0.2) is 11.2 Å². The number of hydrogen-bond donors (Lipinski definition) is 0. The zero-order chi connectivity index (χ0) is 12.8. The Kier molecular flexibility index (Phi) is 5.00. The fourth-order valence-electron chi connectivity index (χ4n) is 2.31. The van der Waals surface area contributed by atoms with Crippen molar-refractivity contribution in [1.29, 1.82) is 0 Å². The minimum Gasteiger partial charge on any atom is -0.295 e. The fraction of sp³-hybridized carbons (Fsp3) is 0.438. The first-order valence-corrected chi connectivity index (χ1v) is 7.09. The molecule has 96 valence electrons. The average molecular weight is 263 g/mol. The van der Waals surface area contributed by atoms with Gasteiger partial charge in [0.05, 0.1) is 0 Å². The van der Waals surface area contributed by atoms with Gasteiger partial charge in [-0.25, -0.2) is 0 Å². The summed E-state index contributed by atoms with van der Waals surface area (Å²) >= 11 is 6.12. The summed E-state index contributed by atoms with van der Waals surface area (Å²) in [5.74, 6) is 0.296. The van der Waals surface area contributed by atoms with Crippen molar-refractivity contribution >= 4 is 17.4 Å². The number of ketones is 1. The molecule has 0 spiro atoms. The Bertz CT molecular complexity index is 422. The Labute approximate surface area is 114 Å². The predicted molar refractivity (Wildman–Crippen MR) is 76.0 cm³/mol. The third kappa shape index (κ3) is 3.99. The highest BCUT2D eigenvalue weighted by Gasteiger charge is 2.15. The molecule has 1 aliphatic carbocycles. The van der Waals surface area contributed by atoms with E-state index in [0.717, 1.165) is 37.7 Å². The van der Waals surface area contributed by atoms with Crippen molar-refractivity contribution in [2.45, 2.75) is 43.9 Å². The molecule has 1 nitrogen and oxygen atoms in total.